The molecule has 0 saturated carbocycles. The summed E-state index contributed by atoms with van der Waals surface area (Å²) >= 11 is 18.4. The number of halogens is 2. The van der Waals surface area contributed by atoms with E-state index in [0.29, 0.717) is 31.4 Å². The van der Waals surface area contributed by atoms with E-state index in [1.165, 1.54) is 16.7 Å². The van der Waals surface area contributed by atoms with Gasteiger partial charge in [-0.1, -0.05) is 60.2 Å². The van der Waals surface area contributed by atoms with Crippen LogP contribution in [0.5, 0.6) is 0 Å². The van der Waals surface area contributed by atoms with Gasteiger partial charge in [0.2, 0.25) is 0 Å². The first-order chi connectivity index (χ1) is 11.4. The summed E-state index contributed by atoms with van der Waals surface area (Å²) in [6, 6.07) is 5.04. The number of thiocarbonyl (C=S) groups is 1. The summed E-state index contributed by atoms with van der Waals surface area (Å²) in [7, 11) is 0. The van der Waals surface area contributed by atoms with Crippen molar-refractivity contribution in [2.45, 2.75) is 19.8 Å². The molecule has 24 heavy (non-hydrogen) atoms. The van der Waals surface area contributed by atoms with Gasteiger partial charge in [-0.25, -0.2) is 0 Å². The second-order valence-corrected chi connectivity index (χ2v) is 7.49. The van der Waals surface area contributed by atoms with E-state index in [9.17, 15) is 9.59 Å². The SMILES string of the molecule is CCCOC(=O)CCN1C(=O)/C(=C/c2ccc(Cl)cc2Cl)SC1=S. The Morgan fingerprint density at radius 3 is 2.83 bits per heavy atom. The first-order valence-corrected chi connectivity index (χ1v) is 9.26. The lowest BCUT2D eigenvalue weighted by atomic mass is 10.2. The van der Waals surface area contributed by atoms with E-state index in [4.69, 9.17) is 40.2 Å². The Labute approximate surface area is 160 Å². The predicted molar refractivity (Wildman–Crippen MR) is 102 cm³/mol. The Morgan fingerprint density at radius 1 is 1.42 bits per heavy atom. The molecule has 1 aliphatic rings. The van der Waals surface area contributed by atoms with Crippen molar-refractivity contribution in [1.82, 2.24) is 4.90 Å². The number of amides is 1. The Balaban J connectivity index is 2.05. The number of carbonyl (C=O) groups excluding carboxylic acids is 2. The number of nitrogens with zero attached hydrogens (tertiary/aromatic N) is 1. The second-order valence-electron chi connectivity index (χ2n) is 4.97. The number of carbonyl (C=O) groups is 2. The van der Waals surface area contributed by atoms with Crippen molar-refractivity contribution in [1.29, 1.82) is 0 Å². The minimum Gasteiger partial charge on any atom is -0.466 e. The number of ether oxygens (including phenoxy) is 1. The van der Waals surface area contributed by atoms with Gasteiger partial charge < -0.3 is 4.74 Å². The van der Waals surface area contributed by atoms with Crippen molar-refractivity contribution < 1.29 is 14.3 Å². The minimum atomic E-state index is -0.337. The molecule has 1 saturated heterocycles. The van der Waals surface area contributed by atoms with E-state index in [-0.39, 0.29) is 24.8 Å². The zero-order valence-corrected chi connectivity index (χ0v) is 16.0. The van der Waals surface area contributed by atoms with Crippen molar-refractivity contribution in [2.24, 2.45) is 0 Å². The third-order valence-corrected chi connectivity index (χ3v) is 5.07. The zero-order chi connectivity index (χ0) is 17.7. The zero-order valence-electron chi connectivity index (χ0n) is 12.9. The van der Waals surface area contributed by atoms with E-state index < -0.39 is 0 Å². The maximum Gasteiger partial charge on any atom is 0.307 e. The van der Waals surface area contributed by atoms with Crippen LogP contribution in [0.1, 0.15) is 25.3 Å². The van der Waals surface area contributed by atoms with Crippen LogP contribution in [-0.4, -0.2) is 34.2 Å². The molecule has 1 amide bonds. The van der Waals surface area contributed by atoms with Crippen LogP contribution >= 0.6 is 47.2 Å². The molecule has 1 aromatic carbocycles. The highest BCUT2D eigenvalue weighted by Crippen LogP contribution is 2.34. The van der Waals surface area contributed by atoms with Crippen LogP contribution in [0.4, 0.5) is 0 Å². The molecule has 0 spiro atoms. The Morgan fingerprint density at radius 2 is 2.17 bits per heavy atom. The normalized spacial score (nSPS) is 16.1. The number of rotatable bonds is 6. The average Bonchev–Trinajstić information content (AvgIpc) is 2.80. The highest BCUT2D eigenvalue weighted by molar-refractivity contribution is 8.26. The highest BCUT2D eigenvalue weighted by Gasteiger charge is 2.32. The summed E-state index contributed by atoms with van der Waals surface area (Å²) in [4.78, 5) is 25.9. The van der Waals surface area contributed by atoms with Gasteiger partial charge in [-0.05, 0) is 30.2 Å². The molecule has 1 fully saturated rings. The minimum absolute atomic E-state index is 0.113. The number of benzene rings is 1. The molecule has 1 heterocycles. The molecule has 2 rings (SSSR count). The molecular weight excluding hydrogens is 389 g/mol. The fourth-order valence-electron chi connectivity index (χ4n) is 1.94. The van der Waals surface area contributed by atoms with E-state index in [0.717, 1.165) is 6.42 Å². The molecule has 1 aromatic rings. The summed E-state index contributed by atoms with van der Waals surface area (Å²) in [5.74, 6) is -0.574. The van der Waals surface area contributed by atoms with Crippen LogP contribution in [-0.2, 0) is 14.3 Å². The highest BCUT2D eigenvalue weighted by atomic mass is 35.5. The van der Waals surface area contributed by atoms with Gasteiger partial charge in [-0.3, -0.25) is 14.5 Å². The van der Waals surface area contributed by atoms with Crippen molar-refractivity contribution >= 4 is 69.5 Å². The van der Waals surface area contributed by atoms with E-state index in [1.807, 2.05) is 6.92 Å². The molecule has 4 nitrogen and oxygen atoms in total. The smallest absolute Gasteiger partial charge is 0.307 e. The third-order valence-electron chi connectivity index (χ3n) is 3.13. The molecular formula is C16H15Cl2NO3S2. The number of thioether (sulfide) groups is 1. The summed E-state index contributed by atoms with van der Waals surface area (Å²) in [6.45, 7) is 2.51. The van der Waals surface area contributed by atoms with Gasteiger partial charge in [0, 0.05) is 16.6 Å². The van der Waals surface area contributed by atoms with Crippen LogP contribution in [0.25, 0.3) is 6.08 Å². The molecule has 0 aliphatic carbocycles. The van der Waals surface area contributed by atoms with Crippen LogP contribution in [0.2, 0.25) is 10.0 Å². The molecule has 8 heteroatoms. The number of hydrogen-bond donors (Lipinski definition) is 0. The summed E-state index contributed by atoms with van der Waals surface area (Å²) in [6.07, 6.45) is 2.55. The van der Waals surface area contributed by atoms with E-state index in [2.05, 4.69) is 0 Å². The topological polar surface area (TPSA) is 46.6 Å². The van der Waals surface area contributed by atoms with Crippen LogP contribution in [0.3, 0.4) is 0 Å². The van der Waals surface area contributed by atoms with Gasteiger partial charge in [0.1, 0.15) is 4.32 Å². The Hall–Kier alpha value is -1.08. The molecule has 0 aromatic heterocycles. The van der Waals surface area contributed by atoms with Crippen molar-refractivity contribution in [3.8, 4) is 0 Å². The molecule has 0 N–H and O–H groups in total. The maximum absolute atomic E-state index is 12.5. The van der Waals surface area contributed by atoms with Gasteiger partial charge in [0.25, 0.3) is 5.91 Å². The Kier molecular flexibility index (Phi) is 7.10. The third kappa shape index (κ3) is 4.96. The average molecular weight is 404 g/mol. The maximum atomic E-state index is 12.5. The molecule has 0 atom stereocenters. The lowest BCUT2D eigenvalue weighted by Crippen LogP contribution is -2.30. The lowest BCUT2D eigenvalue weighted by molar-refractivity contribution is -0.143. The first-order valence-electron chi connectivity index (χ1n) is 7.28. The first kappa shape index (κ1) is 19.2. The number of hydrogen-bond acceptors (Lipinski definition) is 5. The monoisotopic (exact) mass is 403 g/mol. The summed E-state index contributed by atoms with van der Waals surface area (Å²) in [5, 5.41) is 0.978. The predicted octanol–water partition coefficient (Wildman–Crippen LogP) is 4.54. The van der Waals surface area contributed by atoms with Gasteiger partial charge in [-0.15, -0.1) is 0 Å². The van der Waals surface area contributed by atoms with Crippen LogP contribution < -0.4 is 0 Å². The Bertz CT molecular complexity index is 707. The van der Waals surface area contributed by atoms with Gasteiger partial charge in [0.05, 0.1) is 17.9 Å². The van der Waals surface area contributed by atoms with E-state index in [1.54, 1.807) is 24.3 Å². The lowest BCUT2D eigenvalue weighted by Gasteiger charge is -2.13. The second kappa shape index (κ2) is 8.85. The van der Waals surface area contributed by atoms with E-state index >= 15 is 0 Å². The number of esters is 1. The van der Waals surface area contributed by atoms with Crippen LogP contribution in [0, 0.1) is 0 Å². The fraction of sp³-hybridized carbons (Fsp3) is 0.312. The molecule has 0 bridgehead atoms. The fourth-order valence-corrected chi connectivity index (χ4v) is 3.71. The van der Waals surface area contributed by atoms with Crippen molar-refractivity contribution in [3.05, 3.63) is 38.7 Å². The van der Waals surface area contributed by atoms with Gasteiger partial charge in [-0.2, -0.15) is 0 Å². The van der Waals surface area contributed by atoms with Gasteiger partial charge >= 0.3 is 5.97 Å². The van der Waals surface area contributed by atoms with Gasteiger partial charge in [0.15, 0.2) is 0 Å². The van der Waals surface area contributed by atoms with Crippen LogP contribution in [0.15, 0.2) is 23.1 Å². The standard InChI is InChI=1S/C16H15Cl2NO3S2/c1-2-7-22-14(20)5-6-19-15(21)13(24-16(19)23)8-10-3-4-11(17)9-12(10)18/h3-4,8-9H,2,5-7H2,1H3/b13-8-. The largest absolute Gasteiger partial charge is 0.466 e. The van der Waals surface area contributed by atoms with Crippen molar-refractivity contribution in [2.75, 3.05) is 13.2 Å². The molecule has 128 valence electrons. The quantitative estimate of drug-likeness (QED) is 0.396. The summed E-state index contributed by atoms with van der Waals surface area (Å²) in [5.41, 5.74) is 0.684. The summed E-state index contributed by atoms with van der Waals surface area (Å²) < 4.78 is 5.42. The molecule has 1 aliphatic heterocycles. The van der Waals surface area contributed by atoms with Crippen molar-refractivity contribution in [3.63, 3.8) is 0 Å². The molecule has 0 radical (unpaired) electrons. The molecule has 0 unspecified atom stereocenters.